The van der Waals surface area contributed by atoms with Crippen molar-refractivity contribution in [1.29, 1.82) is 0 Å². The second-order valence-corrected chi connectivity index (χ2v) is 9.02. The number of nitrogen functional groups attached to an aromatic ring is 1. The number of carbonyl (C=O) groups excluding carboxylic acids is 1. The lowest BCUT2D eigenvalue weighted by Gasteiger charge is -2.28. The Morgan fingerprint density at radius 2 is 2.12 bits per heavy atom. The van der Waals surface area contributed by atoms with E-state index in [4.69, 9.17) is 15.6 Å². The highest BCUT2D eigenvalue weighted by Crippen LogP contribution is 2.38. The highest BCUT2D eigenvalue weighted by atomic mass is 16.5. The van der Waals surface area contributed by atoms with E-state index >= 15 is 0 Å². The second kappa shape index (κ2) is 9.70. The SMILES string of the molecule is COc1cc(-c2nn([C@@H]3CCCC(C(=O)C=CCN(C)C)C3)c3ncnc(N)c23)ccc1C. The Hall–Kier alpha value is -3.26. The summed E-state index contributed by atoms with van der Waals surface area (Å²) in [6.45, 7) is 2.76. The predicted molar refractivity (Wildman–Crippen MR) is 130 cm³/mol. The second-order valence-electron chi connectivity index (χ2n) is 9.02. The molecule has 0 bridgehead atoms. The van der Waals surface area contributed by atoms with Gasteiger partial charge in [-0.15, -0.1) is 0 Å². The number of hydrogen-bond donors (Lipinski definition) is 1. The first-order chi connectivity index (χ1) is 15.9. The zero-order valence-electron chi connectivity index (χ0n) is 19.8. The first kappa shape index (κ1) is 22.9. The molecule has 1 unspecified atom stereocenters. The number of hydrogen-bond acceptors (Lipinski definition) is 7. The van der Waals surface area contributed by atoms with Crippen molar-refractivity contribution in [2.24, 2.45) is 5.92 Å². The lowest BCUT2D eigenvalue weighted by molar-refractivity contribution is -0.119. The van der Waals surface area contributed by atoms with E-state index < -0.39 is 0 Å². The first-order valence-corrected chi connectivity index (χ1v) is 11.4. The summed E-state index contributed by atoms with van der Waals surface area (Å²) < 4.78 is 7.47. The van der Waals surface area contributed by atoms with Crippen LogP contribution in [0.4, 0.5) is 5.82 Å². The molecule has 0 radical (unpaired) electrons. The minimum absolute atomic E-state index is 0.0106. The van der Waals surface area contributed by atoms with E-state index in [1.165, 1.54) is 6.33 Å². The van der Waals surface area contributed by atoms with Crippen molar-refractivity contribution in [1.82, 2.24) is 24.6 Å². The number of ether oxygens (including phenoxy) is 1. The van der Waals surface area contributed by atoms with E-state index in [9.17, 15) is 4.79 Å². The molecule has 2 aromatic heterocycles. The van der Waals surface area contributed by atoms with Gasteiger partial charge in [-0.2, -0.15) is 5.10 Å². The number of fused-ring (bicyclic) bond motifs is 1. The number of aryl methyl sites for hydroxylation is 1. The van der Waals surface area contributed by atoms with Crippen LogP contribution in [-0.4, -0.2) is 58.2 Å². The molecule has 1 fully saturated rings. The van der Waals surface area contributed by atoms with Crippen molar-refractivity contribution >= 4 is 22.6 Å². The number of ketones is 1. The summed E-state index contributed by atoms with van der Waals surface area (Å²) in [5.74, 6) is 1.37. The molecule has 0 aliphatic heterocycles. The van der Waals surface area contributed by atoms with Crippen molar-refractivity contribution < 1.29 is 9.53 Å². The molecule has 8 nitrogen and oxygen atoms in total. The molecule has 1 aliphatic carbocycles. The highest BCUT2D eigenvalue weighted by molar-refractivity contribution is 5.98. The van der Waals surface area contributed by atoms with Crippen LogP contribution in [0.2, 0.25) is 0 Å². The Labute approximate surface area is 194 Å². The summed E-state index contributed by atoms with van der Waals surface area (Å²) in [5.41, 5.74) is 9.68. The van der Waals surface area contributed by atoms with Crippen molar-refractivity contribution in [2.75, 3.05) is 33.5 Å². The first-order valence-electron chi connectivity index (χ1n) is 11.4. The van der Waals surface area contributed by atoms with Gasteiger partial charge in [-0.25, -0.2) is 14.6 Å². The number of nitrogens with zero attached hydrogens (tertiary/aromatic N) is 5. The van der Waals surface area contributed by atoms with Crippen LogP contribution < -0.4 is 10.5 Å². The fourth-order valence-corrected chi connectivity index (χ4v) is 4.58. The molecule has 0 amide bonds. The predicted octanol–water partition coefficient (Wildman–Crippen LogP) is 3.81. The van der Waals surface area contributed by atoms with Crippen molar-refractivity contribution in [3.05, 3.63) is 42.2 Å². The van der Waals surface area contributed by atoms with Crippen molar-refractivity contribution in [2.45, 2.75) is 38.6 Å². The molecular formula is C25H32N6O2. The van der Waals surface area contributed by atoms with Crippen LogP contribution in [0.5, 0.6) is 5.75 Å². The molecule has 1 saturated carbocycles. The van der Waals surface area contributed by atoms with Gasteiger partial charge in [-0.1, -0.05) is 24.6 Å². The maximum absolute atomic E-state index is 12.8. The summed E-state index contributed by atoms with van der Waals surface area (Å²) in [7, 11) is 5.64. The molecule has 174 valence electrons. The van der Waals surface area contributed by atoms with Gasteiger partial charge in [0.25, 0.3) is 0 Å². The van der Waals surface area contributed by atoms with E-state index in [-0.39, 0.29) is 17.7 Å². The van der Waals surface area contributed by atoms with Crippen LogP contribution >= 0.6 is 0 Å². The summed E-state index contributed by atoms with van der Waals surface area (Å²) >= 11 is 0. The lowest BCUT2D eigenvalue weighted by Crippen LogP contribution is -2.25. The van der Waals surface area contributed by atoms with Crippen LogP contribution in [0.3, 0.4) is 0 Å². The van der Waals surface area contributed by atoms with E-state index in [0.717, 1.165) is 60.2 Å². The molecule has 33 heavy (non-hydrogen) atoms. The van der Waals surface area contributed by atoms with E-state index in [2.05, 4.69) is 9.97 Å². The van der Waals surface area contributed by atoms with Gasteiger partial charge < -0.3 is 15.4 Å². The van der Waals surface area contributed by atoms with Crippen molar-refractivity contribution in [3.8, 4) is 17.0 Å². The van der Waals surface area contributed by atoms with Crippen LogP contribution in [-0.2, 0) is 4.79 Å². The average Bonchev–Trinajstić information content (AvgIpc) is 3.20. The van der Waals surface area contributed by atoms with Gasteiger partial charge in [0.05, 0.1) is 18.5 Å². The van der Waals surface area contributed by atoms with Crippen LogP contribution in [0.15, 0.2) is 36.7 Å². The number of anilines is 1. The van der Waals surface area contributed by atoms with Gasteiger partial charge in [-0.3, -0.25) is 4.79 Å². The Balaban J connectivity index is 1.69. The third kappa shape index (κ3) is 4.75. The topological polar surface area (TPSA) is 99.2 Å². The molecule has 2 N–H and O–H groups in total. The molecular weight excluding hydrogens is 416 g/mol. The van der Waals surface area contributed by atoms with Gasteiger partial charge in [0, 0.05) is 18.0 Å². The Kier molecular flexibility index (Phi) is 6.74. The molecule has 1 aliphatic rings. The Morgan fingerprint density at radius 3 is 2.88 bits per heavy atom. The normalized spacial score (nSPS) is 18.9. The molecule has 1 aromatic carbocycles. The van der Waals surface area contributed by atoms with E-state index in [1.54, 1.807) is 13.2 Å². The third-order valence-corrected chi connectivity index (χ3v) is 6.35. The fourth-order valence-electron chi connectivity index (χ4n) is 4.58. The zero-order valence-corrected chi connectivity index (χ0v) is 19.8. The van der Waals surface area contributed by atoms with E-state index in [0.29, 0.717) is 11.5 Å². The number of nitrogens with two attached hydrogens (primary N) is 1. The van der Waals surface area contributed by atoms with Gasteiger partial charge >= 0.3 is 0 Å². The summed E-state index contributed by atoms with van der Waals surface area (Å²) in [6.07, 6.45) is 8.71. The smallest absolute Gasteiger partial charge is 0.164 e. The summed E-state index contributed by atoms with van der Waals surface area (Å²) in [4.78, 5) is 23.6. The highest BCUT2D eigenvalue weighted by Gasteiger charge is 2.30. The minimum Gasteiger partial charge on any atom is -0.496 e. The summed E-state index contributed by atoms with van der Waals surface area (Å²) in [6, 6.07) is 6.07. The zero-order chi connectivity index (χ0) is 23.5. The third-order valence-electron chi connectivity index (χ3n) is 6.35. The molecule has 3 aromatic rings. The van der Waals surface area contributed by atoms with E-state index in [1.807, 2.05) is 54.9 Å². The molecule has 2 atom stereocenters. The number of rotatable bonds is 7. The molecule has 2 heterocycles. The summed E-state index contributed by atoms with van der Waals surface area (Å²) in [5, 5.41) is 5.71. The van der Waals surface area contributed by atoms with Crippen LogP contribution in [0.1, 0.15) is 37.3 Å². The lowest BCUT2D eigenvalue weighted by atomic mass is 9.83. The molecule has 0 spiro atoms. The molecule has 0 saturated heterocycles. The number of aromatic nitrogens is 4. The maximum atomic E-state index is 12.8. The van der Waals surface area contributed by atoms with Gasteiger partial charge in [0.1, 0.15) is 23.6 Å². The van der Waals surface area contributed by atoms with Gasteiger partial charge in [0.15, 0.2) is 11.4 Å². The van der Waals surface area contributed by atoms with Crippen molar-refractivity contribution in [3.63, 3.8) is 0 Å². The molecule has 4 rings (SSSR count). The number of allylic oxidation sites excluding steroid dienone is 1. The molecule has 8 heteroatoms. The number of benzene rings is 1. The standard InChI is InChI=1S/C25H32N6O2/c1-16-10-11-18(14-21(16)33-4)23-22-24(26)27-15-28-25(22)31(29-23)19-8-5-7-17(13-19)20(32)9-6-12-30(2)3/h6,9-11,14-15,17,19H,5,7-8,12-13H2,1-4H3,(H2,26,27,28)/t17?,19-/m1/s1. The average molecular weight is 449 g/mol. The number of carbonyl (C=O) groups is 1. The maximum Gasteiger partial charge on any atom is 0.164 e. The van der Waals surface area contributed by atoms with Crippen LogP contribution in [0.25, 0.3) is 22.3 Å². The van der Waals surface area contributed by atoms with Crippen LogP contribution in [0, 0.1) is 12.8 Å². The number of likely N-dealkylation sites (N-methyl/N-ethyl adjacent to an activating group) is 1. The monoisotopic (exact) mass is 448 g/mol. The Bertz CT molecular complexity index is 1180. The number of methoxy groups -OCH3 is 1. The fraction of sp³-hybridized carbons (Fsp3) is 0.440. The quantitative estimate of drug-likeness (QED) is 0.549. The largest absolute Gasteiger partial charge is 0.496 e. The minimum atomic E-state index is -0.0106. The van der Waals surface area contributed by atoms with Gasteiger partial charge in [0.2, 0.25) is 0 Å². The van der Waals surface area contributed by atoms with Gasteiger partial charge in [-0.05, 0) is 58.0 Å². The Morgan fingerprint density at radius 1 is 1.30 bits per heavy atom.